The van der Waals surface area contributed by atoms with Gasteiger partial charge in [0.1, 0.15) is 5.75 Å². The highest BCUT2D eigenvalue weighted by Gasteiger charge is 2.43. The first-order valence-electron chi connectivity index (χ1n) is 10.4. The van der Waals surface area contributed by atoms with E-state index in [2.05, 4.69) is 4.98 Å². The lowest BCUT2D eigenvalue weighted by Crippen LogP contribution is -2.61. The molecule has 1 saturated heterocycles. The molecule has 7 nitrogen and oxygen atoms in total. The molecule has 1 fully saturated rings. The number of rotatable bonds is 7. The van der Waals surface area contributed by atoms with E-state index in [-0.39, 0.29) is 32.1 Å². The molecule has 2 amide bonds. The normalized spacial score (nSPS) is 18.2. The van der Waals surface area contributed by atoms with E-state index in [1.165, 1.54) is 0 Å². The second-order valence-corrected chi connectivity index (χ2v) is 7.74. The number of ether oxygens (including phenoxy) is 2. The Morgan fingerprint density at radius 1 is 1.06 bits per heavy atom. The smallest absolute Gasteiger partial charge is 0.260 e. The molecule has 0 bridgehead atoms. The average Bonchev–Trinajstić information content (AvgIpc) is 2.84. The Balaban J connectivity index is 1.48. The number of amides is 2. The van der Waals surface area contributed by atoms with E-state index >= 15 is 0 Å². The fourth-order valence-corrected chi connectivity index (χ4v) is 3.82. The maximum Gasteiger partial charge on any atom is 0.260 e. The highest BCUT2D eigenvalue weighted by atomic mass is 16.5. The molecule has 1 aromatic heterocycles. The topological polar surface area (TPSA) is 94.8 Å². The molecule has 164 valence electrons. The van der Waals surface area contributed by atoms with Gasteiger partial charge in [-0.3, -0.25) is 14.6 Å². The van der Waals surface area contributed by atoms with Gasteiger partial charge >= 0.3 is 0 Å². The minimum absolute atomic E-state index is 0.0798. The van der Waals surface area contributed by atoms with Crippen molar-refractivity contribution in [2.24, 2.45) is 5.73 Å². The Labute approximate surface area is 186 Å². The molecular weight excluding hydrogens is 406 g/mol. The number of nitrogens with two attached hydrogens (primary N) is 1. The van der Waals surface area contributed by atoms with Gasteiger partial charge in [-0.15, -0.1) is 0 Å². The average molecular weight is 431 g/mol. The number of aromatic nitrogens is 1. The molecule has 7 heteroatoms. The molecule has 32 heavy (non-hydrogen) atoms. The predicted molar refractivity (Wildman–Crippen MR) is 120 cm³/mol. The molecule has 0 spiro atoms. The van der Waals surface area contributed by atoms with Crippen LogP contribution in [0.25, 0.3) is 11.1 Å². The van der Waals surface area contributed by atoms with Crippen molar-refractivity contribution in [3.63, 3.8) is 0 Å². The van der Waals surface area contributed by atoms with Crippen molar-refractivity contribution in [3.05, 3.63) is 84.7 Å². The lowest BCUT2D eigenvalue weighted by atomic mass is 9.90. The Morgan fingerprint density at radius 3 is 2.62 bits per heavy atom. The quantitative estimate of drug-likeness (QED) is 0.620. The van der Waals surface area contributed by atoms with Crippen molar-refractivity contribution in [1.82, 2.24) is 9.88 Å². The summed E-state index contributed by atoms with van der Waals surface area (Å²) in [6, 6.07) is 20.8. The minimum atomic E-state index is -1.30. The van der Waals surface area contributed by atoms with Crippen LogP contribution in [0.1, 0.15) is 5.56 Å². The van der Waals surface area contributed by atoms with Gasteiger partial charge in [-0.1, -0.05) is 48.5 Å². The van der Waals surface area contributed by atoms with Crippen molar-refractivity contribution in [2.45, 2.75) is 12.0 Å². The standard InChI is InChI=1S/C25H25N3O4/c26-24(30)25(15-19-6-4-7-20(14-19)21-8-5-11-27-16-21)18-28(12-13-32-25)23(29)17-31-22-9-2-1-3-10-22/h1-11,14,16H,12-13,15,17-18H2,(H2,26,30). The molecule has 0 saturated carbocycles. The van der Waals surface area contributed by atoms with E-state index < -0.39 is 11.5 Å². The van der Waals surface area contributed by atoms with Gasteiger partial charge < -0.3 is 20.1 Å². The van der Waals surface area contributed by atoms with Crippen LogP contribution in [0.3, 0.4) is 0 Å². The highest BCUT2D eigenvalue weighted by molar-refractivity contribution is 5.86. The van der Waals surface area contributed by atoms with Gasteiger partial charge in [-0.05, 0) is 34.9 Å². The first-order chi connectivity index (χ1) is 15.6. The van der Waals surface area contributed by atoms with Crippen LogP contribution < -0.4 is 10.5 Å². The van der Waals surface area contributed by atoms with Gasteiger partial charge in [0.05, 0.1) is 13.2 Å². The maximum atomic E-state index is 12.8. The lowest BCUT2D eigenvalue weighted by molar-refractivity contribution is -0.164. The van der Waals surface area contributed by atoms with Crippen LogP contribution in [-0.4, -0.2) is 53.6 Å². The summed E-state index contributed by atoms with van der Waals surface area (Å²) < 4.78 is 11.5. The lowest BCUT2D eigenvalue weighted by Gasteiger charge is -2.40. The number of primary amides is 1. The zero-order valence-electron chi connectivity index (χ0n) is 17.6. The Bertz CT molecular complexity index is 1070. The number of morpholine rings is 1. The van der Waals surface area contributed by atoms with Gasteiger partial charge in [0.2, 0.25) is 0 Å². The van der Waals surface area contributed by atoms with Crippen LogP contribution in [0.2, 0.25) is 0 Å². The van der Waals surface area contributed by atoms with E-state index in [9.17, 15) is 9.59 Å². The van der Waals surface area contributed by atoms with Crippen molar-refractivity contribution >= 4 is 11.8 Å². The zero-order valence-corrected chi connectivity index (χ0v) is 17.6. The van der Waals surface area contributed by atoms with Gasteiger partial charge in [0, 0.05) is 25.4 Å². The second-order valence-electron chi connectivity index (χ2n) is 7.74. The van der Waals surface area contributed by atoms with Crippen molar-refractivity contribution in [2.75, 3.05) is 26.3 Å². The van der Waals surface area contributed by atoms with E-state index in [4.69, 9.17) is 15.2 Å². The van der Waals surface area contributed by atoms with Crippen LogP contribution in [0, 0.1) is 0 Å². The second kappa shape index (κ2) is 9.62. The molecule has 1 aliphatic rings. The summed E-state index contributed by atoms with van der Waals surface area (Å²) in [7, 11) is 0. The van der Waals surface area contributed by atoms with E-state index in [0.29, 0.717) is 12.3 Å². The summed E-state index contributed by atoms with van der Waals surface area (Å²) in [6.07, 6.45) is 3.77. The third-order valence-corrected chi connectivity index (χ3v) is 5.50. The maximum absolute atomic E-state index is 12.8. The van der Waals surface area contributed by atoms with Crippen molar-refractivity contribution in [3.8, 4) is 16.9 Å². The van der Waals surface area contributed by atoms with Gasteiger partial charge in [-0.25, -0.2) is 0 Å². The zero-order chi connectivity index (χ0) is 22.4. The van der Waals surface area contributed by atoms with Gasteiger partial charge in [0.15, 0.2) is 12.2 Å². The van der Waals surface area contributed by atoms with E-state index in [1.54, 1.807) is 29.4 Å². The number of carbonyl (C=O) groups excluding carboxylic acids is 2. The third-order valence-electron chi connectivity index (χ3n) is 5.50. The first-order valence-corrected chi connectivity index (χ1v) is 10.4. The Kier molecular flexibility index (Phi) is 6.47. The van der Waals surface area contributed by atoms with Crippen molar-refractivity contribution in [1.29, 1.82) is 0 Å². The number of carbonyl (C=O) groups is 2. The molecule has 2 N–H and O–H groups in total. The van der Waals surface area contributed by atoms with Crippen LogP contribution in [0.5, 0.6) is 5.75 Å². The number of benzene rings is 2. The molecule has 2 aromatic carbocycles. The highest BCUT2D eigenvalue weighted by Crippen LogP contribution is 2.26. The molecule has 0 radical (unpaired) electrons. The SMILES string of the molecule is NC(=O)C1(Cc2cccc(-c3cccnc3)c2)CN(C(=O)COc2ccccc2)CCO1. The summed E-state index contributed by atoms with van der Waals surface area (Å²) in [5.41, 5.74) is 7.33. The molecular formula is C25H25N3O4. The number of hydrogen-bond donors (Lipinski definition) is 1. The summed E-state index contributed by atoms with van der Waals surface area (Å²) >= 11 is 0. The summed E-state index contributed by atoms with van der Waals surface area (Å²) in [5, 5.41) is 0. The van der Waals surface area contributed by atoms with Crippen LogP contribution in [0.4, 0.5) is 0 Å². The summed E-state index contributed by atoms with van der Waals surface area (Å²) in [5.74, 6) is -0.194. The van der Waals surface area contributed by atoms with Gasteiger partial charge in [0.25, 0.3) is 11.8 Å². The van der Waals surface area contributed by atoms with Gasteiger partial charge in [-0.2, -0.15) is 0 Å². The number of hydrogen-bond acceptors (Lipinski definition) is 5. The molecule has 1 atom stereocenters. The molecule has 3 aromatic rings. The summed E-state index contributed by atoms with van der Waals surface area (Å²) in [4.78, 5) is 31.0. The third kappa shape index (κ3) is 4.95. The van der Waals surface area contributed by atoms with Crippen LogP contribution in [-0.2, 0) is 20.7 Å². The molecule has 4 rings (SSSR count). The largest absolute Gasteiger partial charge is 0.484 e. The molecule has 1 aliphatic heterocycles. The number of para-hydroxylation sites is 1. The fourth-order valence-electron chi connectivity index (χ4n) is 3.82. The van der Waals surface area contributed by atoms with Crippen LogP contribution >= 0.6 is 0 Å². The minimum Gasteiger partial charge on any atom is -0.484 e. The molecule has 0 aliphatic carbocycles. The van der Waals surface area contributed by atoms with Crippen LogP contribution in [0.15, 0.2) is 79.1 Å². The van der Waals surface area contributed by atoms with Crippen molar-refractivity contribution < 1.29 is 19.1 Å². The predicted octanol–water partition coefficient (Wildman–Crippen LogP) is 2.45. The summed E-state index contributed by atoms with van der Waals surface area (Å²) in [6.45, 7) is 0.565. The Morgan fingerprint density at radius 2 is 1.88 bits per heavy atom. The van der Waals surface area contributed by atoms with E-state index in [1.807, 2.05) is 54.6 Å². The fraction of sp³-hybridized carbons (Fsp3) is 0.240. The number of nitrogens with zero attached hydrogens (tertiary/aromatic N) is 2. The number of pyridine rings is 1. The first kappa shape index (κ1) is 21.5. The van der Waals surface area contributed by atoms with E-state index in [0.717, 1.165) is 16.7 Å². The molecule has 2 heterocycles. The monoisotopic (exact) mass is 431 g/mol. The Hall–Kier alpha value is -3.71. The molecule has 1 unspecified atom stereocenters.